The summed E-state index contributed by atoms with van der Waals surface area (Å²) in [4.78, 5) is 29.4. The number of Topliss-reactive ketones (excluding diaryl/α,β-unsaturated/α-hetero) is 1. The van der Waals surface area contributed by atoms with Crippen molar-refractivity contribution in [3.8, 4) is 5.75 Å². The molecule has 0 aromatic heterocycles. The van der Waals surface area contributed by atoms with Gasteiger partial charge in [0.2, 0.25) is 0 Å². The third-order valence-electron chi connectivity index (χ3n) is 5.28. The third kappa shape index (κ3) is 4.75. The standard InChI is InChI=1S/C24H27ClN2O4/c1-5-31-18-10-11-19(15(2)14-18)22(28)20-21(16-6-8-17(25)9-7-16)27(13-12-26(3)4)24(30)23(20)29/h6-11,14,21,28H,5,12-13H2,1-4H3. The number of carbonyl (C=O) groups excluding carboxylic acids is 2. The van der Waals surface area contributed by atoms with Crippen LogP contribution in [0.15, 0.2) is 48.0 Å². The molecule has 1 saturated heterocycles. The molecular weight excluding hydrogens is 416 g/mol. The summed E-state index contributed by atoms with van der Waals surface area (Å²) in [6.45, 7) is 5.18. The maximum atomic E-state index is 13.0. The minimum atomic E-state index is -0.691. The number of rotatable bonds is 7. The summed E-state index contributed by atoms with van der Waals surface area (Å²) in [5.74, 6) is -0.820. The van der Waals surface area contributed by atoms with Crippen LogP contribution >= 0.6 is 11.6 Å². The first-order valence-corrected chi connectivity index (χ1v) is 10.5. The average molecular weight is 443 g/mol. The minimum absolute atomic E-state index is 0.0818. The van der Waals surface area contributed by atoms with E-state index in [9.17, 15) is 14.7 Å². The van der Waals surface area contributed by atoms with E-state index in [1.165, 1.54) is 4.90 Å². The second-order valence-electron chi connectivity index (χ2n) is 7.76. The zero-order valence-corrected chi connectivity index (χ0v) is 18.9. The van der Waals surface area contributed by atoms with E-state index in [0.29, 0.717) is 41.6 Å². The van der Waals surface area contributed by atoms with Gasteiger partial charge in [-0.3, -0.25) is 9.59 Å². The van der Waals surface area contributed by atoms with E-state index < -0.39 is 17.7 Å². The van der Waals surface area contributed by atoms with Crippen molar-refractivity contribution in [3.63, 3.8) is 0 Å². The zero-order valence-electron chi connectivity index (χ0n) is 18.2. The second kappa shape index (κ2) is 9.54. The summed E-state index contributed by atoms with van der Waals surface area (Å²) in [7, 11) is 3.80. The Hall–Kier alpha value is -2.83. The van der Waals surface area contributed by atoms with Crippen molar-refractivity contribution in [1.29, 1.82) is 0 Å². The van der Waals surface area contributed by atoms with Crippen molar-refractivity contribution in [1.82, 2.24) is 9.80 Å². The van der Waals surface area contributed by atoms with Crippen LogP contribution in [0, 0.1) is 6.92 Å². The average Bonchev–Trinajstić information content (AvgIpc) is 2.97. The number of likely N-dealkylation sites (N-methyl/N-ethyl adjacent to an activating group) is 1. The predicted molar refractivity (Wildman–Crippen MR) is 121 cm³/mol. The predicted octanol–water partition coefficient (Wildman–Crippen LogP) is 4.03. The number of halogens is 1. The first-order chi connectivity index (χ1) is 14.7. The zero-order chi connectivity index (χ0) is 22.7. The van der Waals surface area contributed by atoms with Crippen molar-refractivity contribution in [2.75, 3.05) is 33.8 Å². The minimum Gasteiger partial charge on any atom is -0.507 e. The molecule has 6 nitrogen and oxygen atoms in total. The first kappa shape index (κ1) is 22.8. The van der Waals surface area contributed by atoms with E-state index in [2.05, 4.69) is 0 Å². The van der Waals surface area contributed by atoms with Gasteiger partial charge in [0.1, 0.15) is 11.5 Å². The van der Waals surface area contributed by atoms with Gasteiger partial charge in [0, 0.05) is 23.7 Å². The molecule has 1 N–H and O–H groups in total. The van der Waals surface area contributed by atoms with E-state index in [1.54, 1.807) is 42.5 Å². The molecule has 2 aromatic rings. The molecule has 1 fully saturated rings. The van der Waals surface area contributed by atoms with E-state index in [4.69, 9.17) is 16.3 Å². The van der Waals surface area contributed by atoms with Gasteiger partial charge in [0.15, 0.2) is 0 Å². The van der Waals surface area contributed by atoms with Gasteiger partial charge >= 0.3 is 0 Å². The van der Waals surface area contributed by atoms with E-state index >= 15 is 0 Å². The van der Waals surface area contributed by atoms with E-state index in [0.717, 1.165) is 5.56 Å². The van der Waals surface area contributed by atoms with Crippen molar-refractivity contribution in [3.05, 3.63) is 69.8 Å². The number of likely N-dealkylation sites (tertiary alicyclic amines) is 1. The summed E-state index contributed by atoms with van der Waals surface area (Å²) in [6.07, 6.45) is 0. The summed E-state index contributed by atoms with van der Waals surface area (Å²) >= 11 is 6.04. The molecule has 1 amide bonds. The Bertz CT molecular complexity index is 1010. The number of ketones is 1. The summed E-state index contributed by atoms with van der Waals surface area (Å²) in [5, 5.41) is 11.7. The number of hydrogen-bond acceptors (Lipinski definition) is 5. The molecule has 0 bridgehead atoms. The van der Waals surface area contributed by atoms with Gasteiger partial charge in [-0.2, -0.15) is 0 Å². The number of carbonyl (C=O) groups is 2. The molecular formula is C24H27ClN2O4. The largest absolute Gasteiger partial charge is 0.507 e. The molecule has 3 rings (SSSR count). The molecule has 1 atom stereocenters. The molecule has 1 aliphatic heterocycles. The van der Waals surface area contributed by atoms with Crippen LogP contribution in [0.3, 0.4) is 0 Å². The molecule has 1 aliphatic rings. The summed E-state index contributed by atoms with van der Waals surface area (Å²) < 4.78 is 5.51. The second-order valence-corrected chi connectivity index (χ2v) is 8.19. The monoisotopic (exact) mass is 442 g/mol. The molecule has 0 spiro atoms. The third-order valence-corrected chi connectivity index (χ3v) is 5.53. The highest BCUT2D eigenvalue weighted by molar-refractivity contribution is 6.46. The highest BCUT2D eigenvalue weighted by Crippen LogP contribution is 2.40. The molecule has 1 heterocycles. The van der Waals surface area contributed by atoms with E-state index in [1.807, 2.05) is 32.8 Å². The number of ether oxygens (including phenoxy) is 1. The number of benzene rings is 2. The van der Waals surface area contributed by atoms with Crippen LogP contribution in [0.5, 0.6) is 5.75 Å². The van der Waals surface area contributed by atoms with Crippen molar-refractivity contribution < 1.29 is 19.4 Å². The highest BCUT2D eigenvalue weighted by Gasteiger charge is 2.46. The molecule has 164 valence electrons. The Kier molecular flexibility index (Phi) is 7.03. The maximum absolute atomic E-state index is 13.0. The lowest BCUT2D eigenvalue weighted by Gasteiger charge is -2.26. The van der Waals surface area contributed by atoms with Crippen LogP contribution in [-0.4, -0.2) is 60.4 Å². The van der Waals surface area contributed by atoms with Crippen LogP contribution < -0.4 is 4.74 Å². The van der Waals surface area contributed by atoms with Crippen molar-refractivity contribution >= 4 is 29.1 Å². The molecule has 31 heavy (non-hydrogen) atoms. The fourth-order valence-corrected chi connectivity index (χ4v) is 3.84. The number of nitrogens with zero attached hydrogens (tertiary/aromatic N) is 2. The van der Waals surface area contributed by atoms with Crippen LogP contribution in [0.1, 0.15) is 29.7 Å². The normalized spacial score (nSPS) is 18.1. The fraction of sp³-hybridized carbons (Fsp3) is 0.333. The van der Waals surface area contributed by atoms with Crippen LogP contribution in [0.2, 0.25) is 5.02 Å². The van der Waals surface area contributed by atoms with Crippen LogP contribution in [0.25, 0.3) is 5.76 Å². The Morgan fingerprint density at radius 3 is 2.42 bits per heavy atom. The van der Waals surface area contributed by atoms with Gasteiger partial charge in [0.05, 0.1) is 18.2 Å². The molecule has 1 unspecified atom stereocenters. The Morgan fingerprint density at radius 1 is 1.16 bits per heavy atom. The Labute approximate surface area is 187 Å². The number of aliphatic hydroxyl groups is 1. The molecule has 0 radical (unpaired) electrons. The van der Waals surface area contributed by atoms with Gasteiger partial charge in [0.25, 0.3) is 11.7 Å². The SMILES string of the molecule is CCOc1ccc(C(O)=C2C(=O)C(=O)N(CCN(C)C)C2c2ccc(Cl)cc2)c(C)c1. The van der Waals surface area contributed by atoms with Crippen LogP contribution in [0.4, 0.5) is 0 Å². The van der Waals surface area contributed by atoms with Crippen LogP contribution in [-0.2, 0) is 9.59 Å². The lowest BCUT2D eigenvalue weighted by Crippen LogP contribution is -2.35. The number of amides is 1. The van der Waals surface area contributed by atoms with Gasteiger partial charge in [-0.1, -0.05) is 23.7 Å². The molecule has 0 saturated carbocycles. The van der Waals surface area contributed by atoms with Gasteiger partial charge in [-0.05, 0) is 69.4 Å². The van der Waals surface area contributed by atoms with Gasteiger partial charge < -0.3 is 19.6 Å². The first-order valence-electron chi connectivity index (χ1n) is 10.2. The maximum Gasteiger partial charge on any atom is 0.295 e. The molecule has 7 heteroatoms. The van der Waals surface area contributed by atoms with Gasteiger partial charge in [-0.25, -0.2) is 0 Å². The fourth-order valence-electron chi connectivity index (χ4n) is 3.71. The van der Waals surface area contributed by atoms with Gasteiger partial charge in [-0.15, -0.1) is 0 Å². The van der Waals surface area contributed by atoms with E-state index in [-0.39, 0.29) is 11.3 Å². The smallest absolute Gasteiger partial charge is 0.295 e. The molecule has 0 aliphatic carbocycles. The lowest BCUT2D eigenvalue weighted by molar-refractivity contribution is -0.140. The van der Waals surface area contributed by atoms with Crippen molar-refractivity contribution in [2.45, 2.75) is 19.9 Å². The topological polar surface area (TPSA) is 70.1 Å². The lowest BCUT2D eigenvalue weighted by atomic mass is 9.94. The Morgan fingerprint density at radius 2 is 1.84 bits per heavy atom. The number of aliphatic hydroxyl groups excluding tert-OH is 1. The Balaban J connectivity index is 2.13. The van der Waals surface area contributed by atoms with Crippen molar-refractivity contribution in [2.24, 2.45) is 0 Å². The summed E-state index contributed by atoms with van der Waals surface area (Å²) in [6, 6.07) is 11.5. The summed E-state index contributed by atoms with van der Waals surface area (Å²) in [5.41, 5.74) is 2.04. The quantitative estimate of drug-likeness (QED) is 0.398. The number of hydrogen-bond donors (Lipinski definition) is 1. The highest BCUT2D eigenvalue weighted by atomic mass is 35.5. The number of aryl methyl sites for hydroxylation is 1. The molecule has 2 aromatic carbocycles.